The second kappa shape index (κ2) is 5.36. The molecule has 0 heterocycles. The molecule has 82 valence electrons. The van der Waals surface area contributed by atoms with Gasteiger partial charge in [-0.1, -0.05) is 6.07 Å². The zero-order valence-electron chi connectivity index (χ0n) is 9.06. The predicted molar refractivity (Wildman–Crippen MR) is 60.8 cm³/mol. The number of nitrogens with two attached hydrogens (primary N) is 1. The molecule has 0 aromatic heterocycles. The first-order valence-electron chi connectivity index (χ1n) is 4.85. The molecular formula is C11H16N2O2. The Labute approximate surface area is 89.6 Å². The normalized spacial score (nSPS) is 10.0. The maximum absolute atomic E-state index is 11.6. The third-order valence-corrected chi connectivity index (χ3v) is 2.06. The first-order chi connectivity index (χ1) is 7.15. The average Bonchev–Trinajstić information content (AvgIpc) is 2.24. The Kier molecular flexibility index (Phi) is 4.12. The second-order valence-electron chi connectivity index (χ2n) is 3.18. The van der Waals surface area contributed by atoms with Crippen LogP contribution < -0.4 is 10.6 Å². The number of carbonyl (C=O) groups excluding carboxylic acids is 1. The molecule has 1 aromatic carbocycles. The minimum Gasteiger partial charge on any atom is -0.399 e. The van der Waals surface area contributed by atoms with E-state index in [-0.39, 0.29) is 12.5 Å². The number of likely N-dealkylation sites (N-methyl/N-ethyl adjacent to an activating group) is 1. The van der Waals surface area contributed by atoms with Gasteiger partial charge >= 0.3 is 0 Å². The monoisotopic (exact) mass is 208 g/mol. The first-order valence-corrected chi connectivity index (χ1v) is 4.85. The van der Waals surface area contributed by atoms with Crippen LogP contribution in [0.3, 0.4) is 0 Å². The van der Waals surface area contributed by atoms with Crippen LogP contribution in [-0.2, 0) is 9.53 Å². The van der Waals surface area contributed by atoms with Gasteiger partial charge < -0.3 is 15.4 Å². The highest BCUT2D eigenvalue weighted by molar-refractivity contribution is 5.94. The number of nitrogens with zero attached hydrogens (tertiary/aromatic N) is 1. The van der Waals surface area contributed by atoms with Crippen molar-refractivity contribution in [1.29, 1.82) is 0 Å². The van der Waals surface area contributed by atoms with Crippen LogP contribution in [0.25, 0.3) is 0 Å². The number of hydrogen-bond donors (Lipinski definition) is 1. The third kappa shape index (κ3) is 3.25. The van der Waals surface area contributed by atoms with Gasteiger partial charge in [0.1, 0.15) is 6.61 Å². The maximum Gasteiger partial charge on any atom is 0.252 e. The van der Waals surface area contributed by atoms with Crippen LogP contribution in [0.2, 0.25) is 0 Å². The van der Waals surface area contributed by atoms with Crippen molar-refractivity contribution >= 4 is 17.3 Å². The Morgan fingerprint density at radius 1 is 1.53 bits per heavy atom. The molecular weight excluding hydrogens is 192 g/mol. The highest BCUT2D eigenvalue weighted by Crippen LogP contribution is 2.15. The summed E-state index contributed by atoms with van der Waals surface area (Å²) in [6.07, 6.45) is 0. The van der Waals surface area contributed by atoms with E-state index in [1.165, 1.54) is 4.90 Å². The molecule has 4 heteroatoms. The van der Waals surface area contributed by atoms with Gasteiger partial charge in [-0.15, -0.1) is 0 Å². The molecule has 0 atom stereocenters. The summed E-state index contributed by atoms with van der Waals surface area (Å²) in [4.78, 5) is 13.1. The molecule has 0 aliphatic carbocycles. The Hall–Kier alpha value is -1.55. The summed E-state index contributed by atoms with van der Waals surface area (Å²) >= 11 is 0. The van der Waals surface area contributed by atoms with E-state index in [0.29, 0.717) is 12.3 Å². The predicted octanol–water partition coefficient (Wildman–Crippen LogP) is 1.27. The number of amides is 1. The van der Waals surface area contributed by atoms with Crippen molar-refractivity contribution in [2.24, 2.45) is 0 Å². The maximum atomic E-state index is 11.6. The average molecular weight is 208 g/mol. The Morgan fingerprint density at radius 3 is 2.87 bits per heavy atom. The molecule has 4 nitrogen and oxygen atoms in total. The zero-order chi connectivity index (χ0) is 11.3. The van der Waals surface area contributed by atoms with E-state index < -0.39 is 0 Å². The van der Waals surface area contributed by atoms with E-state index in [1.54, 1.807) is 19.2 Å². The van der Waals surface area contributed by atoms with Crippen LogP contribution in [0.15, 0.2) is 24.3 Å². The molecule has 0 radical (unpaired) electrons. The van der Waals surface area contributed by atoms with Crippen molar-refractivity contribution in [2.45, 2.75) is 6.92 Å². The van der Waals surface area contributed by atoms with Crippen LogP contribution in [0.1, 0.15) is 6.92 Å². The quantitative estimate of drug-likeness (QED) is 0.758. The molecule has 0 saturated heterocycles. The van der Waals surface area contributed by atoms with Crippen molar-refractivity contribution in [3.63, 3.8) is 0 Å². The highest BCUT2D eigenvalue weighted by atomic mass is 16.5. The SMILES string of the molecule is CCOCC(=O)N(C)c1cccc(N)c1. The van der Waals surface area contributed by atoms with Gasteiger partial charge in [0, 0.05) is 25.0 Å². The molecule has 2 N–H and O–H groups in total. The number of nitrogen functional groups attached to an aromatic ring is 1. The fourth-order valence-corrected chi connectivity index (χ4v) is 1.16. The highest BCUT2D eigenvalue weighted by Gasteiger charge is 2.10. The van der Waals surface area contributed by atoms with Gasteiger partial charge in [0.15, 0.2) is 0 Å². The number of carbonyl (C=O) groups is 1. The largest absolute Gasteiger partial charge is 0.399 e. The summed E-state index contributed by atoms with van der Waals surface area (Å²) in [7, 11) is 1.70. The molecule has 0 saturated carbocycles. The van der Waals surface area contributed by atoms with Gasteiger partial charge in [-0.2, -0.15) is 0 Å². The van der Waals surface area contributed by atoms with Crippen molar-refractivity contribution in [1.82, 2.24) is 0 Å². The van der Waals surface area contributed by atoms with E-state index in [0.717, 1.165) is 5.69 Å². The lowest BCUT2D eigenvalue weighted by Gasteiger charge is -2.17. The van der Waals surface area contributed by atoms with Gasteiger partial charge in [0.25, 0.3) is 5.91 Å². The van der Waals surface area contributed by atoms with Crippen molar-refractivity contribution in [3.8, 4) is 0 Å². The zero-order valence-corrected chi connectivity index (χ0v) is 9.06. The number of ether oxygens (including phenoxy) is 1. The topological polar surface area (TPSA) is 55.6 Å². The summed E-state index contributed by atoms with van der Waals surface area (Å²) in [5, 5.41) is 0. The van der Waals surface area contributed by atoms with Crippen molar-refractivity contribution < 1.29 is 9.53 Å². The first kappa shape index (κ1) is 11.5. The van der Waals surface area contributed by atoms with E-state index in [9.17, 15) is 4.79 Å². The van der Waals surface area contributed by atoms with Gasteiger partial charge in [0.05, 0.1) is 0 Å². The van der Waals surface area contributed by atoms with Crippen LogP contribution >= 0.6 is 0 Å². The minimum atomic E-state index is -0.0811. The lowest BCUT2D eigenvalue weighted by Crippen LogP contribution is -2.30. The Bertz CT molecular complexity index is 339. The summed E-state index contributed by atoms with van der Waals surface area (Å²) < 4.78 is 5.05. The Balaban J connectivity index is 2.67. The fraction of sp³-hybridized carbons (Fsp3) is 0.364. The van der Waals surface area contributed by atoms with Gasteiger partial charge in [0.2, 0.25) is 0 Å². The molecule has 0 unspecified atom stereocenters. The molecule has 1 rings (SSSR count). The number of hydrogen-bond acceptors (Lipinski definition) is 3. The van der Waals surface area contributed by atoms with Crippen LogP contribution in [0.4, 0.5) is 11.4 Å². The number of anilines is 2. The summed E-state index contributed by atoms with van der Waals surface area (Å²) in [6, 6.07) is 7.18. The lowest BCUT2D eigenvalue weighted by atomic mass is 10.2. The van der Waals surface area contributed by atoms with E-state index in [2.05, 4.69) is 0 Å². The summed E-state index contributed by atoms with van der Waals surface area (Å²) in [6.45, 7) is 2.49. The molecule has 1 aromatic rings. The lowest BCUT2D eigenvalue weighted by molar-refractivity contribution is -0.122. The van der Waals surface area contributed by atoms with Crippen LogP contribution in [0, 0.1) is 0 Å². The van der Waals surface area contributed by atoms with E-state index in [1.807, 2.05) is 19.1 Å². The molecule has 15 heavy (non-hydrogen) atoms. The van der Waals surface area contributed by atoms with Crippen molar-refractivity contribution in [2.75, 3.05) is 30.9 Å². The molecule has 1 amide bonds. The van der Waals surface area contributed by atoms with Crippen LogP contribution in [-0.4, -0.2) is 26.2 Å². The van der Waals surface area contributed by atoms with Gasteiger partial charge in [-0.25, -0.2) is 0 Å². The van der Waals surface area contributed by atoms with Crippen LogP contribution in [0.5, 0.6) is 0 Å². The van der Waals surface area contributed by atoms with E-state index in [4.69, 9.17) is 10.5 Å². The molecule has 0 aliphatic rings. The molecule has 0 spiro atoms. The summed E-state index contributed by atoms with van der Waals surface area (Å²) in [5.41, 5.74) is 7.05. The fourth-order valence-electron chi connectivity index (χ4n) is 1.16. The minimum absolute atomic E-state index is 0.0811. The molecule has 0 bridgehead atoms. The Morgan fingerprint density at radius 2 is 2.27 bits per heavy atom. The molecule has 0 aliphatic heterocycles. The summed E-state index contributed by atoms with van der Waals surface area (Å²) in [5.74, 6) is -0.0811. The van der Waals surface area contributed by atoms with Crippen molar-refractivity contribution in [3.05, 3.63) is 24.3 Å². The number of benzene rings is 1. The smallest absolute Gasteiger partial charge is 0.252 e. The van der Waals surface area contributed by atoms with Gasteiger partial charge in [-0.3, -0.25) is 4.79 Å². The second-order valence-corrected chi connectivity index (χ2v) is 3.18. The standard InChI is InChI=1S/C11H16N2O2/c1-3-15-8-11(14)13(2)10-6-4-5-9(12)7-10/h4-7H,3,8,12H2,1-2H3. The van der Waals surface area contributed by atoms with Gasteiger partial charge in [-0.05, 0) is 25.1 Å². The third-order valence-electron chi connectivity index (χ3n) is 2.06. The number of rotatable bonds is 4. The molecule has 0 fully saturated rings. The van der Waals surface area contributed by atoms with E-state index >= 15 is 0 Å².